The van der Waals surface area contributed by atoms with Crippen LogP contribution in [0.2, 0.25) is 0 Å². The van der Waals surface area contributed by atoms with Gasteiger partial charge in [-0.3, -0.25) is 4.79 Å². The molecule has 2 rings (SSSR count). The van der Waals surface area contributed by atoms with Crippen molar-refractivity contribution < 1.29 is 14.7 Å². The Morgan fingerprint density at radius 1 is 1.59 bits per heavy atom. The number of hydrogen-bond acceptors (Lipinski definition) is 3. The highest BCUT2D eigenvalue weighted by Crippen LogP contribution is 2.40. The normalized spacial score (nSPS) is 18.5. The van der Waals surface area contributed by atoms with E-state index in [0.717, 1.165) is 12.8 Å². The molecule has 1 aliphatic rings. The molecular formula is C11H12BrNO3S. The minimum atomic E-state index is -1.15. The summed E-state index contributed by atoms with van der Waals surface area (Å²) in [6, 6.07) is 1.77. The van der Waals surface area contributed by atoms with Crippen molar-refractivity contribution in [2.24, 2.45) is 5.92 Å². The number of carbonyl (C=O) groups excluding carboxylic acids is 1. The van der Waals surface area contributed by atoms with Crippen LogP contribution in [0.25, 0.3) is 0 Å². The van der Waals surface area contributed by atoms with Crippen molar-refractivity contribution in [2.45, 2.75) is 25.3 Å². The highest BCUT2D eigenvalue weighted by Gasteiger charge is 2.48. The van der Waals surface area contributed by atoms with Gasteiger partial charge in [-0.15, -0.1) is 11.3 Å². The lowest BCUT2D eigenvalue weighted by Gasteiger charge is -2.25. The van der Waals surface area contributed by atoms with E-state index >= 15 is 0 Å². The van der Waals surface area contributed by atoms with Crippen molar-refractivity contribution in [1.29, 1.82) is 0 Å². The van der Waals surface area contributed by atoms with E-state index in [1.54, 1.807) is 18.4 Å². The second kappa shape index (κ2) is 4.42. The molecule has 1 fully saturated rings. The summed E-state index contributed by atoms with van der Waals surface area (Å²) in [6.45, 7) is 1.58. The molecule has 1 unspecified atom stereocenters. The van der Waals surface area contributed by atoms with Crippen LogP contribution >= 0.6 is 27.3 Å². The predicted octanol–water partition coefficient (Wildman–Crippen LogP) is 2.49. The largest absolute Gasteiger partial charge is 0.480 e. The maximum atomic E-state index is 12.0. The van der Waals surface area contributed by atoms with Crippen LogP contribution in [0, 0.1) is 5.92 Å². The topological polar surface area (TPSA) is 66.4 Å². The molecule has 1 aromatic heterocycles. The van der Waals surface area contributed by atoms with Gasteiger partial charge in [0.15, 0.2) is 0 Å². The van der Waals surface area contributed by atoms with E-state index in [1.807, 2.05) is 0 Å². The molecule has 0 aliphatic heterocycles. The van der Waals surface area contributed by atoms with E-state index in [0.29, 0.717) is 9.35 Å². The van der Waals surface area contributed by atoms with Crippen LogP contribution < -0.4 is 5.32 Å². The molecule has 1 heterocycles. The minimum Gasteiger partial charge on any atom is -0.480 e. The van der Waals surface area contributed by atoms with Crippen molar-refractivity contribution >= 4 is 39.1 Å². The number of hydrogen-bond donors (Lipinski definition) is 2. The first kappa shape index (κ1) is 12.6. The van der Waals surface area contributed by atoms with Gasteiger partial charge >= 0.3 is 5.97 Å². The third-order valence-electron chi connectivity index (χ3n) is 3.03. The van der Waals surface area contributed by atoms with Crippen LogP contribution in [0.15, 0.2) is 15.9 Å². The molecule has 2 N–H and O–H groups in total. The molecule has 0 aromatic carbocycles. The third-order valence-corrected chi connectivity index (χ3v) is 4.87. The molecule has 1 aliphatic carbocycles. The smallest absolute Gasteiger partial charge is 0.329 e. The summed E-state index contributed by atoms with van der Waals surface area (Å²) >= 11 is 4.56. The second-order valence-electron chi connectivity index (χ2n) is 4.33. The van der Waals surface area contributed by atoms with Crippen LogP contribution in [0.5, 0.6) is 0 Å². The van der Waals surface area contributed by atoms with Gasteiger partial charge in [-0.1, -0.05) is 0 Å². The van der Waals surface area contributed by atoms with Crippen molar-refractivity contribution in [1.82, 2.24) is 5.32 Å². The fourth-order valence-corrected chi connectivity index (χ4v) is 3.19. The maximum absolute atomic E-state index is 12.0. The number of carbonyl (C=O) groups is 2. The maximum Gasteiger partial charge on any atom is 0.329 e. The van der Waals surface area contributed by atoms with E-state index in [9.17, 15) is 14.7 Å². The van der Waals surface area contributed by atoms with Crippen LogP contribution in [0.1, 0.15) is 29.4 Å². The first-order chi connectivity index (χ1) is 7.95. The fourth-order valence-electron chi connectivity index (χ4n) is 1.74. The summed E-state index contributed by atoms with van der Waals surface area (Å²) in [7, 11) is 0. The number of carboxylic acids is 1. The molecule has 0 saturated heterocycles. The Kier molecular flexibility index (Phi) is 3.27. The zero-order valence-electron chi connectivity index (χ0n) is 9.20. The summed E-state index contributed by atoms with van der Waals surface area (Å²) in [6.07, 6.45) is 1.71. The Hall–Kier alpha value is -0.880. The third kappa shape index (κ3) is 2.37. The number of halogens is 1. The molecule has 17 heavy (non-hydrogen) atoms. The molecule has 0 radical (unpaired) electrons. The number of aliphatic carboxylic acids is 1. The van der Waals surface area contributed by atoms with Gasteiger partial charge in [0.2, 0.25) is 0 Å². The van der Waals surface area contributed by atoms with E-state index in [2.05, 4.69) is 21.2 Å². The summed E-state index contributed by atoms with van der Waals surface area (Å²) in [5.74, 6) is -1.26. The number of rotatable bonds is 4. The van der Waals surface area contributed by atoms with Gasteiger partial charge in [0.1, 0.15) is 10.4 Å². The molecule has 0 bridgehead atoms. The molecule has 0 spiro atoms. The number of nitrogens with one attached hydrogen (secondary N) is 1. The minimum absolute atomic E-state index is 0.0442. The summed E-state index contributed by atoms with van der Waals surface area (Å²) in [5, 5.41) is 13.7. The van der Waals surface area contributed by atoms with Crippen molar-refractivity contribution in [3.8, 4) is 0 Å². The standard InChI is InChI=1S/C11H12BrNO3S/c1-11(10(15)16,6-2-3-6)13-9(14)8-7(12)4-5-17-8/h4-6H,2-3H2,1H3,(H,13,14)(H,15,16). The number of carboxylic acid groups (broad SMARTS) is 1. The lowest BCUT2D eigenvalue weighted by Crippen LogP contribution is -2.53. The zero-order chi connectivity index (χ0) is 12.6. The Bertz CT molecular complexity index is 469. The van der Waals surface area contributed by atoms with Crippen LogP contribution in [-0.2, 0) is 4.79 Å². The first-order valence-electron chi connectivity index (χ1n) is 5.24. The van der Waals surface area contributed by atoms with Gasteiger partial charge in [-0.25, -0.2) is 4.79 Å². The van der Waals surface area contributed by atoms with Gasteiger partial charge in [0.25, 0.3) is 5.91 Å². The van der Waals surface area contributed by atoms with Gasteiger partial charge in [-0.05, 0) is 53.1 Å². The molecule has 1 atom stereocenters. The molecule has 1 amide bonds. The van der Waals surface area contributed by atoms with Crippen LogP contribution in [0.3, 0.4) is 0 Å². The van der Waals surface area contributed by atoms with E-state index in [1.165, 1.54) is 11.3 Å². The van der Waals surface area contributed by atoms with Crippen molar-refractivity contribution in [2.75, 3.05) is 0 Å². The average Bonchev–Trinajstić information content (AvgIpc) is 3.01. The lowest BCUT2D eigenvalue weighted by atomic mass is 9.96. The first-order valence-corrected chi connectivity index (χ1v) is 6.91. The van der Waals surface area contributed by atoms with Crippen molar-refractivity contribution in [3.05, 3.63) is 20.8 Å². The monoisotopic (exact) mass is 317 g/mol. The number of thiophene rings is 1. The van der Waals surface area contributed by atoms with E-state index < -0.39 is 11.5 Å². The predicted molar refractivity (Wildman–Crippen MR) is 68.3 cm³/mol. The van der Waals surface area contributed by atoms with E-state index in [4.69, 9.17) is 0 Å². The van der Waals surface area contributed by atoms with Crippen molar-refractivity contribution in [3.63, 3.8) is 0 Å². The van der Waals surface area contributed by atoms with Gasteiger partial charge < -0.3 is 10.4 Å². The Morgan fingerprint density at radius 2 is 2.24 bits per heavy atom. The fraction of sp³-hybridized carbons (Fsp3) is 0.455. The Labute approximate surface area is 111 Å². The average molecular weight is 318 g/mol. The molecule has 1 aromatic rings. The highest BCUT2D eigenvalue weighted by atomic mass is 79.9. The quantitative estimate of drug-likeness (QED) is 0.896. The van der Waals surface area contributed by atoms with Crippen LogP contribution in [0.4, 0.5) is 0 Å². The molecule has 4 nitrogen and oxygen atoms in total. The summed E-state index contributed by atoms with van der Waals surface area (Å²) in [4.78, 5) is 23.8. The van der Waals surface area contributed by atoms with Crippen LogP contribution in [-0.4, -0.2) is 22.5 Å². The summed E-state index contributed by atoms with van der Waals surface area (Å²) in [5.41, 5.74) is -1.15. The summed E-state index contributed by atoms with van der Waals surface area (Å²) < 4.78 is 0.698. The molecule has 1 saturated carbocycles. The molecule has 6 heteroatoms. The lowest BCUT2D eigenvalue weighted by molar-refractivity contribution is -0.144. The Balaban J connectivity index is 2.17. The highest BCUT2D eigenvalue weighted by molar-refractivity contribution is 9.10. The van der Waals surface area contributed by atoms with Gasteiger partial charge in [0, 0.05) is 4.47 Å². The SMILES string of the molecule is CC(NC(=O)c1sccc1Br)(C(=O)O)C1CC1. The van der Waals surface area contributed by atoms with E-state index in [-0.39, 0.29) is 11.8 Å². The zero-order valence-corrected chi connectivity index (χ0v) is 11.6. The Morgan fingerprint density at radius 3 is 2.65 bits per heavy atom. The van der Waals surface area contributed by atoms with Gasteiger partial charge in [-0.2, -0.15) is 0 Å². The molecular weight excluding hydrogens is 306 g/mol. The van der Waals surface area contributed by atoms with Gasteiger partial charge in [0.05, 0.1) is 0 Å². The molecule has 92 valence electrons. The number of amides is 1. The second-order valence-corrected chi connectivity index (χ2v) is 6.10.